The van der Waals surface area contributed by atoms with Crippen molar-refractivity contribution in [2.45, 2.75) is 38.6 Å². The Labute approximate surface area is 112 Å². The van der Waals surface area contributed by atoms with Gasteiger partial charge in [0, 0.05) is 11.1 Å². The van der Waals surface area contributed by atoms with E-state index in [0.29, 0.717) is 6.61 Å². The van der Waals surface area contributed by atoms with Gasteiger partial charge in [-0.25, -0.2) is 4.79 Å². The van der Waals surface area contributed by atoms with Gasteiger partial charge in [0.2, 0.25) is 0 Å². The second-order valence-corrected chi connectivity index (χ2v) is 5.09. The summed E-state index contributed by atoms with van der Waals surface area (Å²) in [5, 5.41) is 3.65. The third kappa shape index (κ3) is 3.39. The van der Waals surface area contributed by atoms with Crippen molar-refractivity contribution in [3.8, 4) is 0 Å². The van der Waals surface area contributed by atoms with Gasteiger partial charge in [-0.1, -0.05) is 31.0 Å². The van der Waals surface area contributed by atoms with E-state index in [1.54, 1.807) is 0 Å². The predicted octanol–water partition coefficient (Wildman–Crippen LogP) is 3.33. The van der Waals surface area contributed by atoms with Crippen molar-refractivity contribution in [2.24, 2.45) is 0 Å². The average Bonchev–Trinajstić information content (AvgIpc) is 2.70. The maximum Gasteiger partial charge on any atom is 0.407 e. The van der Waals surface area contributed by atoms with Crippen LogP contribution in [-0.4, -0.2) is 18.7 Å². The van der Waals surface area contributed by atoms with E-state index >= 15 is 0 Å². The Morgan fingerprint density at radius 1 is 1.44 bits per heavy atom. The van der Waals surface area contributed by atoms with Gasteiger partial charge in [0.05, 0.1) is 6.61 Å². The second-order valence-electron chi connectivity index (χ2n) is 4.65. The first-order chi connectivity index (χ1) is 8.69. The number of amides is 1. The van der Waals surface area contributed by atoms with E-state index < -0.39 is 0 Å². The van der Waals surface area contributed by atoms with Crippen molar-refractivity contribution < 1.29 is 9.53 Å². The zero-order chi connectivity index (χ0) is 13.0. The predicted molar refractivity (Wildman–Crippen MR) is 72.0 cm³/mol. The number of carbonyl (C=O) groups excluding carboxylic acids is 1. The number of nitrogens with one attached hydrogen (secondary N) is 1. The number of alkyl carbamates (subject to hydrolysis) is 1. The van der Waals surface area contributed by atoms with Crippen LogP contribution in [0.25, 0.3) is 0 Å². The topological polar surface area (TPSA) is 38.3 Å². The quantitative estimate of drug-likeness (QED) is 0.850. The third-order valence-corrected chi connectivity index (χ3v) is 3.39. The molecule has 0 radical (unpaired) electrons. The molecule has 1 N–H and O–H groups in total. The fourth-order valence-electron chi connectivity index (χ4n) is 2.21. The summed E-state index contributed by atoms with van der Waals surface area (Å²) >= 11 is 5.95. The Morgan fingerprint density at radius 2 is 2.22 bits per heavy atom. The molecule has 18 heavy (non-hydrogen) atoms. The first-order valence-corrected chi connectivity index (χ1v) is 6.77. The van der Waals surface area contributed by atoms with Crippen LogP contribution in [0.1, 0.15) is 30.9 Å². The van der Waals surface area contributed by atoms with Crippen molar-refractivity contribution in [3.63, 3.8) is 0 Å². The van der Waals surface area contributed by atoms with Crippen LogP contribution in [0.3, 0.4) is 0 Å². The van der Waals surface area contributed by atoms with Crippen LogP contribution < -0.4 is 5.32 Å². The fraction of sp³-hybridized carbons (Fsp3) is 0.500. The lowest BCUT2D eigenvalue weighted by molar-refractivity contribution is 0.141. The molecule has 2 rings (SSSR count). The summed E-state index contributed by atoms with van der Waals surface area (Å²) in [4.78, 5) is 11.5. The molecule has 0 aliphatic heterocycles. The molecule has 1 aromatic rings. The molecule has 0 spiro atoms. The van der Waals surface area contributed by atoms with Crippen molar-refractivity contribution in [2.75, 3.05) is 6.61 Å². The summed E-state index contributed by atoms with van der Waals surface area (Å²) < 4.78 is 5.09. The zero-order valence-electron chi connectivity index (χ0n) is 10.5. The van der Waals surface area contributed by atoms with E-state index in [0.717, 1.165) is 30.7 Å². The second kappa shape index (κ2) is 6.10. The van der Waals surface area contributed by atoms with Crippen LogP contribution in [0.5, 0.6) is 0 Å². The number of halogens is 1. The molecule has 1 aliphatic carbocycles. The van der Waals surface area contributed by atoms with Crippen LogP contribution in [0.15, 0.2) is 18.2 Å². The average molecular weight is 268 g/mol. The fourth-order valence-corrected chi connectivity index (χ4v) is 2.40. The molecule has 1 unspecified atom stereocenters. The van der Waals surface area contributed by atoms with Gasteiger partial charge in [0.15, 0.2) is 0 Å². The van der Waals surface area contributed by atoms with Crippen LogP contribution in [0.4, 0.5) is 4.79 Å². The molecule has 98 valence electrons. The minimum Gasteiger partial charge on any atom is -0.450 e. The minimum atomic E-state index is -0.313. The molecule has 0 saturated heterocycles. The molecular weight excluding hydrogens is 250 g/mol. The summed E-state index contributed by atoms with van der Waals surface area (Å²) in [7, 11) is 0. The molecule has 1 aromatic carbocycles. The molecule has 0 aromatic heterocycles. The molecule has 1 atom stereocenters. The van der Waals surface area contributed by atoms with Gasteiger partial charge >= 0.3 is 6.09 Å². The smallest absolute Gasteiger partial charge is 0.407 e. The molecule has 1 aliphatic rings. The third-order valence-electron chi connectivity index (χ3n) is 3.15. The number of hydrogen-bond acceptors (Lipinski definition) is 2. The molecule has 4 heteroatoms. The van der Waals surface area contributed by atoms with E-state index in [9.17, 15) is 4.79 Å². The van der Waals surface area contributed by atoms with Gasteiger partial charge < -0.3 is 10.1 Å². The number of ether oxygens (including phenoxy) is 1. The number of rotatable bonds is 4. The number of benzene rings is 1. The monoisotopic (exact) mass is 267 g/mol. The highest BCUT2D eigenvalue weighted by Gasteiger charge is 2.23. The number of hydrogen-bond donors (Lipinski definition) is 1. The zero-order valence-corrected chi connectivity index (χ0v) is 11.3. The summed E-state index contributed by atoms with van der Waals surface area (Å²) in [6.45, 7) is 2.56. The van der Waals surface area contributed by atoms with E-state index in [2.05, 4.69) is 12.2 Å². The lowest BCUT2D eigenvalue weighted by atomic mass is 10.1. The summed E-state index contributed by atoms with van der Waals surface area (Å²) in [5.41, 5.74) is 2.49. The maximum atomic E-state index is 11.5. The van der Waals surface area contributed by atoms with Gasteiger partial charge in [-0.15, -0.1) is 0 Å². The molecule has 1 amide bonds. The molecule has 0 bridgehead atoms. The Kier molecular flexibility index (Phi) is 4.48. The van der Waals surface area contributed by atoms with Gasteiger partial charge in [-0.2, -0.15) is 0 Å². The van der Waals surface area contributed by atoms with Gasteiger partial charge in [0.25, 0.3) is 0 Å². The Hall–Kier alpha value is -1.22. The normalized spacial score (nSPS) is 17.3. The highest BCUT2D eigenvalue weighted by atomic mass is 35.5. The first-order valence-electron chi connectivity index (χ1n) is 6.39. The standard InChI is InChI=1S/C14H18ClNO2/c1-2-3-6-18-14(17)16-13-8-10-4-5-12(15)7-11(10)9-13/h4-5,7,13H,2-3,6,8-9H2,1H3,(H,16,17). The van der Waals surface area contributed by atoms with Gasteiger partial charge in [0.1, 0.15) is 0 Å². The molecule has 3 nitrogen and oxygen atoms in total. The number of carbonyl (C=O) groups is 1. The lowest BCUT2D eigenvalue weighted by Gasteiger charge is -2.12. The van der Waals surface area contributed by atoms with Crippen molar-refractivity contribution in [3.05, 3.63) is 34.3 Å². The van der Waals surface area contributed by atoms with E-state index in [1.165, 1.54) is 11.1 Å². The number of unbranched alkanes of at least 4 members (excludes halogenated alkanes) is 1. The largest absolute Gasteiger partial charge is 0.450 e. The lowest BCUT2D eigenvalue weighted by Crippen LogP contribution is -2.35. The molecule has 0 fully saturated rings. The Morgan fingerprint density at radius 3 is 3.00 bits per heavy atom. The van der Waals surface area contributed by atoms with Crippen LogP contribution in [0, 0.1) is 0 Å². The Balaban J connectivity index is 1.82. The SMILES string of the molecule is CCCCOC(=O)NC1Cc2ccc(Cl)cc2C1. The van der Waals surface area contributed by atoms with Crippen LogP contribution >= 0.6 is 11.6 Å². The van der Waals surface area contributed by atoms with Gasteiger partial charge in [-0.05, 0) is 42.5 Å². The molecule has 0 saturated carbocycles. The van der Waals surface area contributed by atoms with E-state index in [1.807, 2.05) is 18.2 Å². The highest BCUT2D eigenvalue weighted by Crippen LogP contribution is 2.25. The summed E-state index contributed by atoms with van der Waals surface area (Å²) in [6, 6.07) is 6.03. The molecular formula is C14H18ClNO2. The Bertz CT molecular complexity index is 434. The summed E-state index contributed by atoms with van der Waals surface area (Å²) in [6.07, 6.45) is 3.32. The van der Waals surface area contributed by atoms with Crippen LogP contribution in [-0.2, 0) is 17.6 Å². The van der Waals surface area contributed by atoms with E-state index in [-0.39, 0.29) is 12.1 Å². The van der Waals surface area contributed by atoms with Crippen molar-refractivity contribution in [1.29, 1.82) is 0 Å². The first kappa shape index (κ1) is 13.2. The van der Waals surface area contributed by atoms with Crippen molar-refractivity contribution in [1.82, 2.24) is 5.32 Å². The maximum absolute atomic E-state index is 11.5. The van der Waals surface area contributed by atoms with E-state index in [4.69, 9.17) is 16.3 Å². The summed E-state index contributed by atoms with van der Waals surface area (Å²) in [5.74, 6) is 0. The number of fused-ring (bicyclic) bond motifs is 1. The van der Waals surface area contributed by atoms with Crippen molar-refractivity contribution >= 4 is 17.7 Å². The van der Waals surface area contributed by atoms with Gasteiger partial charge in [-0.3, -0.25) is 0 Å². The van der Waals surface area contributed by atoms with Crippen LogP contribution in [0.2, 0.25) is 5.02 Å². The highest BCUT2D eigenvalue weighted by molar-refractivity contribution is 6.30. The molecule has 0 heterocycles. The minimum absolute atomic E-state index is 0.132.